The van der Waals surface area contributed by atoms with Crippen LogP contribution < -0.4 is 0 Å². The standard InChI is InChI=1S/C5H4BrNO2S/c6-5-7-2-3(10-5)1-4(8)9/h2H,1H2,(H,8,9). The van der Waals surface area contributed by atoms with Crippen LogP contribution in [-0.4, -0.2) is 16.1 Å². The van der Waals surface area contributed by atoms with E-state index < -0.39 is 5.97 Å². The van der Waals surface area contributed by atoms with Gasteiger partial charge in [0.1, 0.15) is 0 Å². The Hall–Kier alpha value is -0.420. The molecule has 0 atom stereocenters. The number of carboxylic acids is 1. The van der Waals surface area contributed by atoms with Crippen LogP contribution >= 0.6 is 27.3 Å². The highest BCUT2D eigenvalue weighted by Gasteiger charge is 2.02. The second kappa shape index (κ2) is 3.12. The average molecular weight is 222 g/mol. The van der Waals surface area contributed by atoms with Crippen molar-refractivity contribution in [2.24, 2.45) is 0 Å². The predicted molar refractivity (Wildman–Crippen MR) is 41.2 cm³/mol. The van der Waals surface area contributed by atoms with Crippen molar-refractivity contribution >= 4 is 33.2 Å². The molecule has 10 heavy (non-hydrogen) atoms. The summed E-state index contributed by atoms with van der Waals surface area (Å²) in [4.78, 5) is 14.7. The highest BCUT2D eigenvalue weighted by Crippen LogP contribution is 2.18. The van der Waals surface area contributed by atoms with E-state index in [1.54, 1.807) is 6.20 Å². The maximum atomic E-state index is 10.1. The summed E-state index contributed by atoms with van der Waals surface area (Å²) in [5.41, 5.74) is 0. The SMILES string of the molecule is O=C(O)Cc1cnc(Br)s1. The lowest BCUT2D eigenvalue weighted by Crippen LogP contribution is -1.96. The number of thiazole rings is 1. The zero-order valence-corrected chi connectivity index (χ0v) is 7.28. The molecule has 0 unspecified atom stereocenters. The molecule has 0 aliphatic rings. The summed E-state index contributed by atoms with van der Waals surface area (Å²) >= 11 is 4.48. The third kappa shape index (κ3) is 2.07. The molecule has 0 bridgehead atoms. The zero-order chi connectivity index (χ0) is 7.56. The molecule has 0 fully saturated rings. The van der Waals surface area contributed by atoms with Crippen molar-refractivity contribution in [1.82, 2.24) is 4.98 Å². The fraction of sp³-hybridized carbons (Fsp3) is 0.200. The van der Waals surface area contributed by atoms with Gasteiger partial charge < -0.3 is 5.11 Å². The molecule has 0 aromatic carbocycles. The summed E-state index contributed by atoms with van der Waals surface area (Å²) in [6.45, 7) is 0. The lowest BCUT2D eigenvalue weighted by atomic mass is 10.4. The van der Waals surface area contributed by atoms with Gasteiger partial charge in [-0.1, -0.05) is 0 Å². The van der Waals surface area contributed by atoms with Gasteiger partial charge in [-0.25, -0.2) is 4.98 Å². The molecule has 1 heterocycles. The molecule has 5 heteroatoms. The Bertz CT molecular complexity index is 248. The minimum atomic E-state index is -0.823. The molecule has 0 aliphatic heterocycles. The molecule has 0 saturated carbocycles. The van der Waals surface area contributed by atoms with Crippen LogP contribution in [0.3, 0.4) is 0 Å². The van der Waals surface area contributed by atoms with Crippen molar-refractivity contribution < 1.29 is 9.90 Å². The first kappa shape index (κ1) is 7.68. The molecule has 0 amide bonds. The van der Waals surface area contributed by atoms with Crippen molar-refractivity contribution in [3.63, 3.8) is 0 Å². The molecular formula is C5H4BrNO2S. The van der Waals surface area contributed by atoms with Crippen LogP contribution in [0, 0.1) is 0 Å². The Morgan fingerprint density at radius 2 is 2.60 bits per heavy atom. The molecule has 0 spiro atoms. The van der Waals surface area contributed by atoms with Gasteiger partial charge in [0.25, 0.3) is 0 Å². The summed E-state index contributed by atoms with van der Waals surface area (Å²) in [5, 5.41) is 8.34. The van der Waals surface area contributed by atoms with Crippen molar-refractivity contribution in [1.29, 1.82) is 0 Å². The molecule has 1 aromatic heterocycles. The van der Waals surface area contributed by atoms with E-state index in [1.807, 2.05) is 0 Å². The Kier molecular flexibility index (Phi) is 2.39. The number of nitrogens with zero attached hydrogens (tertiary/aromatic N) is 1. The summed E-state index contributed by atoms with van der Waals surface area (Å²) < 4.78 is 0.726. The van der Waals surface area contributed by atoms with E-state index in [0.717, 1.165) is 8.79 Å². The summed E-state index contributed by atoms with van der Waals surface area (Å²) in [6, 6.07) is 0. The van der Waals surface area contributed by atoms with Gasteiger partial charge in [-0.2, -0.15) is 0 Å². The van der Waals surface area contributed by atoms with Crippen molar-refractivity contribution in [3.05, 3.63) is 15.0 Å². The van der Waals surface area contributed by atoms with E-state index in [1.165, 1.54) is 11.3 Å². The molecule has 0 saturated heterocycles. The van der Waals surface area contributed by atoms with Crippen LogP contribution in [0.25, 0.3) is 0 Å². The van der Waals surface area contributed by atoms with Crippen LogP contribution in [0.4, 0.5) is 0 Å². The van der Waals surface area contributed by atoms with Crippen LogP contribution in [0.15, 0.2) is 10.1 Å². The van der Waals surface area contributed by atoms with E-state index in [2.05, 4.69) is 20.9 Å². The summed E-state index contributed by atoms with van der Waals surface area (Å²) in [7, 11) is 0. The van der Waals surface area contributed by atoms with E-state index in [-0.39, 0.29) is 6.42 Å². The van der Waals surface area contributed by atoms with E-state index in [4.69, 9.17) is 5.11 Å². The number of aliphatic carboxylic acids is 1. The van der Waals surface area contributed by atoms with Crippen LogP contribution in [-0.2, 0) is 11.2 Å². The lowest BCUT2D eigenvalue weighted by molar-refractivity contribution is -0.136. The number of aromatic nitrogens is 1. The minimum absolute atomic E-state index is 0.0588. The third-order valence-electron chi connectivity index (χ3n) is 0.851. The second-order valence-corrected chi connectivity index (χ2v) is 4.04. The summed E-state index contributed by atoms with van der Waals surface area (Å²) in [6.07, 6.45) is 1.62. The zero-order valence-electron chi connectivity index (χ0n) is 4.87. The molecule has 1 aromatic rings. The summed E-state index contributed by atoms with van der Waals surface area (Å²) in [5.74, 6) is -0.823. The van der Waals surface area contributed by atoms with Crippen LogP contribution in [0.1, 0.15) is 4.88 Å². The fourth-order valence-corrected chi connectivity index (χ4v) is 1.86. The van der Waals surface area contributed by atoms with Crippen LogP contribution in [0.5, 0.6) is 0 Å². The van der Waals surface area contributed by atoms with Gasteiger partial charge in [-0.05, 0) is 15.9 Å². The third-order valence-corrected chi connectivity index (χ3v) is 2.33. The van der Waals surface area contributed by atoms with Gasteiger partial charge in [-0.15, -0.1) is 11.3 Å². The van der Waals surface area contributed by atoms with Crippen molar-refractivity contribution in [2.45, 2.75) is 6.42 Å². The van der Waals surface area contributed by atoms with E-state index >= 15 is 0 Å². The number of hydrogen-bond donors (Lipinski definition) is 1. The molecule has 1 rings (SSSR count). The quantitative estimate of drug-likeness (QED) is 0.825. The van der Waals surface area contributed by atoms with Crippen molar-refractivity contribution in [2.75, 3.05) is 0 Å². The van der Waals surface area contributed by atoms with E-state index in [9.17, 15) is 4.79 Å². The maximum Gasteiger partial charge on any atom is 0.308 e. The largest absolute Gasteiger partial charge is 0.481 e. The molecule has 54 valence electrons. The molecule has 0 aliphatic carbocycles. The van der Waals surface area contributed by atoms with Crippen molar-refractivity contribution in [3.8, 4) is 0 Å². The monoisotopic (exact) mass is 221 g/mol. The first-order valence-corrected chi connectivity index (χ1v) is 4.11. The smallest absolute Gasteiger partial charge is 0.308 e. The Morgan fingerprint density at radius 1 is 1.90 bits per heavy atom. The molecule has 1 N–H and O–H groups in total. The Morgan fingerprint density at radius 3 is 3.00 bits per heavy atom. The van der Waals surface area contributed by atoms with Gasteiger partial charge in [0.2, 0.25) is 0 Å². The Balaban J connectivity index is 2.67. The number of halogens is 1. The molecule has 0 radical (unpaired) electrons. The predicted octanol–water partition coefficient (Wildman–Crippen LogP) is 1.53. The van der Waals surface area contributed by atoms with Gasteiger partial charge in [-0.3, -0.25) is 4.79 Å². The molecule has 3 nitrogen and oxygen atoms in total. The number of hydrogen-bond acceptors (Lipinski definition) is 3. The number of rotatable bonds is 2. The van der Waals surface area contributed by atoms with Gasteiger partial charge >= 0.3 is 5.97 Å². The highest BCUT2D eigenvalue weighted by atomic mass is 79.9. The van der Waals surface area contributed by atoms with Gasteiger partial charge in [0, 0.05) is 11.1 Å². The first-order valence-electron chi connectivity index (χ1n) is 2.50. The fourth-order valence-electron chi connectivity index (χ4n) is 0.514. The first-order chi connectivity index (χ1) is 4.68. The number of carboxylic acid groups (broad SMARTS) is 1. The average Bonchev–Trinajstić information content (AvgIpc) is 2.13. The Labute approximate surface area is 69.8 Å². The van der Waals surface area contributed by atoms with Gasteiger partial charge in [0.05, 0.1) is 6.42 Å². The maximum absolute atomic E-state index is 10.1. The number of carbonyl (C=O) groups is 1. The van der Waals surface area contributed by atoms with Gasteiger partial charge in [0.15, 0.2) is 3.92 Å². The highest BCUT2D eigenvalue weighted by molar-refractivity contribution is 9.11. The lowest BCUT2D eigenvalue weighted by Gasteiger charge is -1.84. The molecular weight excluding hydrogens is 218 g/mol. The topological polar surface area (TPSA) is 50.2 Å². The normalized spacial score (nSPS) is 9.70. The van der Waals surface area contributed by atoms with Crippen LogP contribution in [0.2, 0.25) is 0 Å². The minimum Gasteiger partial charge on any atom is -0.481 e. The second-order valence-electron chi connectivity index (χ2n) is 1.65. The van der Waals surface area contributed by atoms with E-state index in [0.29, 0.717) is 0 Å².